The third-order valence-corrected chi connectivity index (χ3v) is 7.55. The molecule has 0 N–H and O–H groups in total. The van der Waals surface area contributed by atoms with E-state index in [1.165, 1.54) is 0 Å². The number of carbonyl (C=O) groups is 1. The predicted molar refractivity (Wildman–Crippen MR) is 115 cm³/mol. The molecule has 0 radical (unpaired) electrons. The predicted octanol–water partition coefficient (Wildman–Crippen LogP) is 3.94. The van der Waals surface area contributed by atoms with E-state index in [2.05, 4.69) is 0 Å². The lowest BCUT2D eigenvalue weighted by Gasteiger charge is -2.31. The van der Waals surface area contributed by atoms with E-state index < -0.39 is 15.9 Å². The van der Waals surface area contributed by atoms with Crippen LogP contribution < -0.4 is 4.74 Å². The molecule has 2 atom stereocenters. The van der Waals surface area contributed by atoms with Crippen LogP contribution in [0.15, 0.2) is 42.5 Å². The van der Waals surface area contributed by atoms with Crippen LogP contribution in [0.1, 0.15) is 30.0 Å². The zero-order valence-electron chi connectivity index (χ0n) is 16.9. The molecule has 2 aromatic rings. The van der Waals surface area contributed by atoms with Gasteiger partial charge in [0.2, 0.25) is 0 Å². The Hall–Kier alpha value is -2.05. The van der Waals surface area contributed by atoms with Crippen molar-refractivity contribution in [1.29, 1.82) is 0 Å². The van der Waals surface area contributed by atoms with E-state index >= 15 is 0 Å². The fourth-order valence-electron chi connectivity index (χ4n) is 3.65. The average molecular weight is 436 g/mol. The molecule has 0 spiro atoms. The van der Waals surface area contributed by atoms with Crippen molar-refractivity contribution in [2.75, 3.05) is 11.5 Å². The summed E-state index contributed by atoms with van der Waals surface area (Å²) in [6.45, 7) is 5.83. The Morgan fingerprint density at radius 3 is 2.38 bits per heavy atom. The molecule has 2 unspecified atom stereocenters. The quantitative estimate of drug-likeness (QED) is 0.689. The summed E-state index contributed by atoms with van der Waals surface area (Å²) in [5.41, 5.74) is 2.71. The third-order valence-electron chi connectivity index (χ3n) is 5.20. The van der Waals surface area contributed by atoms with Gasteiger partial charge in [0, 0.05) is 17.6 Å². The third kappa shape index (κ3) is 5.31. The Morgan fingerprint density at radius 2 is 1.83 bits per heavy atom. The number of aryl methyl sites for hydroxylation is 2. The lowest BCUT2D eigenvalue weighted by Crippen LogP contribution is -2.46. The van der Waals surface area contributed by atoms with Crippen molar-refractivity contribution in [3.63, 3.8) is 0 Å². The summed E-state index contributed by atoms with van der Waals surface area (Å²) in [6.07, 6.45) is -0.297. The van der Waals surface area contributed by atoms with Crippen molar-refractivity contribution in [1.82, 2.24) is 4.90 Å². The van der Waals surface area contributed by atoms with Crippen LogP contribution in [0.3, 0.4) is 0 Å². The fourth-order valence-corrected chi connectivity index (χ4v) is 5.49. The van der Waals surface area contributed by atoms with Gasteiger partial charge in [-0.2, -0.15) is 0 Å². The van der Waals surface area contributed by atoms with Crippen molar-refractivity contribution in [3.8, 4) is 5.75 Å². The zero-order chi connectivity index (χ0) is 21.2. The summed E-state index contributed by atoms with van der Waals surface area (Å²) in [6, 6.07) is 12.9. The highest BCUT2D eigenvalue weighted by molar-refractivity contribution is 7.91. The molecule has 0 saturated carbocycles. The summed E-state index contributed by atoms with van der Waals surface area (Å²) in [7, 11) is -3.12. The van der Waals surface area contributed by atoms with Gasteiger partial charge in [0.25, 0.3) is 5.91 Å². The molecule has 1 fully saturated rings. The molecular formula is C22H26ClNO4S. The molecule has 1 aliphatic heterocycles. The number of carbonyl (C=O) groups excluding carboxylic acids is 1. The minimum atomic E-state index is -3.12. The van der Waals surface area contributed by atoms with Crippen LogP contribution >= 0.6 is 11.6 Å². The molecule has 0 bridgehead atoms. The van der Waals surface area contributed by atoms with E-state index in [4.69, 9.17) is 16.3 Å². The molecule has 1 saturated heterocycles. The minimum Gasteiger partial charge on any atom is -0.481 e. The van der Waals surface area contributed by atoms with Gasteiger partial charge in [-0.25, -0.2) is 8.42 Å². The van der Waals surface area contributed by atoms with Crippen molar-refractivity contribution < 1.29 is 17.9 Å². The van der Waals surface area contributed by atoms with Gasteiger partial charge in [-0.1, -0.05) is 41.9 Å². The van der Waals surface area contributed by atoms with E-state index in [1.807, 2.05) is 44.2 Å². The SMILES string of the molecule is Cc1cc(OC(C)C(=O)N(Cc2ccccc2)C2CCS(=O)(=O)C2)cc(C)c1Cl. The summed E-state index contributed by atoms with van der Waals surface area (Å²) in [4.78, 5) is 14.9. The minimum absolute atomic E-state index is 0.00253. The van der Waals surface area contributed by atoms with Crippen molar-refractivity contribution in [2.45, 2.75) is 45.9 Å². The Morgan fingerprint density at radius 1 is 1.21 bits per heavy atom. The number of sulfone groups is 1. The van der Waals surface area contributed by atoms with Gasteiger partial charge < -0.3 is 9.64 Å². The highest BCUT2D eigenvalue weighted by Crippen LogP contribution is 2.27. The Balaban J connectivity index is 1.81. The Bertz CT molecular complexity index is 968. The maximum atomic E-state index is 13.3. The van der Waals surface area contributed by atoms with Crippen molar-refractivity contribution in [3.05, 3.63) is 64.2 Å². The Labute approximate surface area is 177 Å². The van der Waals surface area contributed by atoms with Crippen LogP contribution in [-0.2, 0) is 21.2 Å². The highest BCUT2D eigenvalue weighted by Gasteiger charge is 2.36. The number of hydrogen-bond acceptors (Lipinski definition) is 4. The van der Waals surface area contributed by atoms with E-state index in [0.29, 0.717) is 23.7 Å². The van der Waals surface area contributed by atoms with Gasteiger partial charge >= 0.3 is 0 Å². The fraction of sp³-hybridized carbons (Fsp3) is 0.409. The lowest BCUT2D eigenvalue weighted by atomic mass is 10.1. The first-order chi connectivity index (χ1) is 13.7. The van der Waals surface area contributed by atoms with E-state index in [0.717, 1.165) is 16.7 Å². The van der Waals surface area contributed by atoms with Crippen LogP contribution in [0, 0.1) is 13.8 Å². The van der Waals surface area contributed by atoms with Crippen molar-refractivity contribution >= 4 is 27.3 Å². The molecule has 0 aliphatic carbocycles. The largest absolute Gasteiger partial charge is 0.481 e. The van der Waals surface area contributed by atoms with E-state index in [-0.39, 0.29) is 23.5 Å². The summed E-state index contributed by atoms with van der Waals surface area (Å²) < 4.78 is 29.9. The number of nitrogens with zero attached hydrogens (tertiary/aromatic N) is 1. The summed E-state index contributed by atoms with van der Waals surface area (Å²) >= 11 is 6.21. The van der Waals surface area contributed by atoms with Gasteiger partial charge in [0.15, 0.2) is 15.9 Å². The number of ether oxygens (including phenoxy) is 1. The number of rotatable bonds is 6. The van der Waals surface area contributed by atoms with Crippen LogP contribution in [0.4, 0.5) is 0 Å². The van der Waals surface area contributed by atoms with Crippen molar-refractivity contribution in [2.24, 2.45) is 0 Å². The average Bonchev–Trinajstić information content (AvgIpc) is 3.04. The van der Waals surface area contributed by atoms with Crippen LogP contribution in [0.5, 0.6) is 5.75 Å². The zero-order valence-corrected chi connectivity index (χ0v) is 18.5. The maximum absolute atomic E-state index is 13.3. The molecule has 1 aliphatic rings. The standard InChI is InChI=1S/C22H26ClNO4S/c1-15-11-20(12-16(2)21(15)23)28-17(3)22(25)24(13-18-7-5-4-6-8-18)19-9-10-29(26,27)14-19/h4-8,11-12,17,19H,9-10,13-14H2,1-3H3. The van der Waals surface area contributed by atoms with Crippen LogP contribution in [-0.4, -0.2) is 42.9 Å². The van der Waals surface area contributed by atoms with Gasteiger partial charge in [0.05, 0.1) is 11.5 Å². The normalized spacial score (nSPS) is 19.0. The Kier molecular flexibility index (Phi) is 6.54. The molecule has 156 valence electrons. The molecule has 2 aromatic carbocycles. The number of benzene rings is 2. The lowest BCUT2D eigenvalue weighted by molar-refractivity contribution is -0.140. The first-order valence-corrected chi connectivity index (χ1v) is 11.8. The van der Waals surface area contributed by atoms with Crippen LogP contribution in [0.2, 0.25) is 5.02 Å². The molecule has 1 heterocycles. The molecule has 7 heteroatoms. The molecule has 3 rings (SSSR count). The van der Waals surface area contributed by atoms with E-state index in [1.54, 1.807) is 24.0 Å². The second-order valence-electron chi connectivity index (χ2n) is 7.64. The van der Waals surface area contributed by atoms with Gasteiger partial charge in [-0.15, -0.1) is 0 Å². The van der Waals surface area contributed by atoms with Crippen LogP contribution in [0.25, 0.3) is 0 Å². The number of halogens is 1. The molecule has 5 nitrogen and oxygen atoms in total. The molecular weight excluding hydrogens is 410 g/mol. The van der Waals surface area contributed by atoms with Gasteiger partial charge in [0.1, 0.15) is 5.75 Å². The highest BCUT2D eigenvalue weighted by atomic mass is 35.5. The smallest absolute Gasteiger partial charge is 0.263 e. The van der Waals surface area contributed by atoms with E-state index in [9.17, 15) is 13.2 Å². The topological polar surface area (TPSA) is 63.7 Å². The second kappa shape index (κ2) is 8.76. The molecule has 29 heavy (non-hydrogen) atoms. The monoisotopic (exact) mass is 435 g/mol. The number of hydrogen-bond donors (Lipinski definition) is 0. The van der Waals surface area contributed by atoms with Gasteiger partial charge in [-0.3, -0.25) is 4.79 Å². The summed E-state index contributed by atoms with van der Waals surface area (Å²) in [5, 5.41) is 0.679. The number of amides is 1. The maximum Gasteiger partial charge on any atom is 0.263 e. The summed E-state index contributed by atoms with van der Waals surface area (Å²) in [5.74, 6) is 0.462. The first kappa shape index (κ1) is 21.7. The molecule has 1 amide bonds. The second-order valence-corrected chi connectivity index (χ2v) is 10.2. The molecule has 0 aromatic heterocycles. The van der Waals surface area contributed by atoms with Gasteiger partial charge in [-0.05, 0) is 56.0 Å². The first-order valence-electron chi connectivity index (χ1n) is 9.64.